The van der Waals surface area contributed by atoms with E-state index in [1.807, 2.05) is 0 Å². The molecule has 0 aliphatic heterocycles. The van der Waals surface area contributed by atoms with Crippen molar-refractivity contribution < 1.29 is 14.5 Å². The third-order valence-corrected chi connectivity index (χ3v) is 4.75. The van der Waals surface area contributed by atoms with E-state index < -0.39 is 16.7 Å². The van der Waals surface area contributed by atoms with E-state index >= 15 is 0 Å². The van der Waals surface area contributed by atoms with Crippen LogP contribution in [0, 0.1) is 10.1 Å². The van der Waals surface area contributed by atoms with Crippen molar-refractivity contribution in [2.75, 3.05) is 11.9 Å². The van der Waals surface area contributed by atoms with Gasteiger partial charge in [-0.15, -0.1) is 10.2 Å². The zero-order valence-corrected chi connectivity index (χ0v) is 15.2. The number of hydrogen-bond acceptors (Lipinski definition) is 7. The predicted molar refractivity (Wildman–Crippen MR) is 97.3 cm³/mol. The lowest BCUT2D eigenvalue weighted by Gasteiger charge is -2.06. The largest absolute Gasteiger partial charge is 0.343 e. The molecule has 2 rings (SSSR count). The molecule has 0 unspecified atom stereocenters. The highest BCUT2D eigenvalue weighted by Crippen LogP contribution is 2.27. The van der Waals surface area contributed by atoms with Crippen LogP contribution in [0.25, 0.3) is 0 Å². The number of rotatable bonds is 8. The van der Waals surface area contributed by atoms with Crippen molar-refractivity contribution in [3.8, 4) is 0 Å². The Kier molecular flexibility index (Phi) is 6.73. The number of carbonyl (C=O) groups is 2. The average Bonchev–Trinajstić information content (AvgIpc) is 3.09. The number of nitro benzene ring substituents is 1. The summed E-state index contributed by atoms with van der Waals surface area (Å²) >= 11 is 1.31. The summed E-state index contributed by atoms with van der Waals surface area (Å²) < 4.78 is 0. The lowest BCUT2D eigenvalue weighted by atomic mass is 10.1. The molecular formula is C16H19N5O4S. The Bertz CT molecular complexity index is 803. The number of amides is 2. The summed E-state index contributed by atoms with van der Waals surface area (Å²) in [4.78, 5) is 34.1. The van der Waals surface area contributed by atoms with Crippen molar-refractivity contribution in [2.45, 2.75) is 32.6 Å². The van der Waals surface area contributed by atoms with Gasteiger partial charge in [0.05, 0.1) is 11.5 Å². The van der Waals surface area contributed by atoms with Gasteiger partial charge in [0.2, 0.25) is 11.0 Å². The van der Waals surface area contributed by atoms with Crippen molar-refractivity contribution in [1.82, 2.24) is 15.5 Å². The van der Waals surface area contributed by atoms with Gasteiger partial charge >= 0.3 is 0 Å². The number of nitro groups is 1. The quantitative estimate of drug-likeness (QED) is 0.538. The monoisotopic (exact) mass is 377 g/mol. The molecule has 0 atom stereocenters. The number of non-ortho nitro benzene ring substituents is 1. The third kappa shape index (κ3) is 5.06. The van der Waals surface area contributed by atoms with Gasteiger partial charge in [-0.3, -0.25) is 25.0 Å². The first kappa shape index (κ1) is 19.4. The molecule has 2 N–H and O–H groups in total. The maximum Gasteiger partial charge on any atom is 0.270 e. The summed E-state index contributed by atoms with van der Waals surface area (Å²) in [6.07, 6.45) is 1.89. The standard InChI is InChI=1S/C16H19N5O4S/c1-3-10(4-2)15-19-20-16(26-15)18-13(22)9-17-14(23)11-6-5-7-12(8-11)21(24)25/h5-8,10H,3-4,9H2,1-2H3,(H,17,23)(H,18,20,22). The Labute approximate surface area is 154 Å². The van der Waals surface area contributed by atoms with Crippen molar-refractivity contribution in [1.29, 1.82) is 0 Å². The summed E-state index contributed by atoms with van der Waals surface area (Å²) in [6, 6.07) is 5.29. The highest BCUT2D eigenvalue weighted by Gasteiger charge is 2.16. The smallest absolute Gasteiger partial charge is 0.270 e. The molecule has 2 amide bonds. The van der Waals surface area contributed by atoms with Crippen LogP contribution in [0.4, 0.5) is 10.8 Å². The Hall–Kier alpha value is -2.88. The van der Waals surface area contributed by atoms with Crippen LogP contribution in [0.1, 0.15) is 48.0 Å². The molecule has 0 saturated heterocycles. The number of anilines is 1. The Morgan fingerprint density at radius 2 is 2.00 bits per heavy atom. The fraction of sp³-hybridized carbons (Fsp3) is 0.375. The maximum absolute atomic E-state index is 12.0. The van der Waals surface area contributed by atoms with Crippen LogP contribution in [0.2, 0.25) is 0 Å². The van der Waals surface area contributed by atoms with Gasteiger partial charge in [-0.05, 0) is 18.9 Å². The normalized spacial score (nSPS) is 10.6. The Balaban J connectivity index is 1.89. The van der Waals surface area contributed by atoms with Crippen molar-refractivity contribution in [2.24, 2.45) is 0 Å². The van der Waals surface area contributed by atoms with Gasteiger partial charge in [0.1, 0.15) is 5.01 Å². The van der Waals surface area contributed by atoms with Crippen LogP contribution in [0.3, 0.4) is 0 Å². The number of aromatic nitrogens is 2. The van der Waals surface area contributed by atoms with Gasteiger partial charge < -0.3 is 5.32 Å². The van der Waals surface area contributed by atoms with Gasteiger partial charge in [0.15, 0.2) is 0 Å². The fourth-order valence-corrected chi connectivity index (χ4v) is 3.30. The van der Waals surface area contributed by atoms with Gasteiger partial charge in [-0.1, -0.05) is 31.3 Å². The van der Waals surface area contributed by atoms with Crippen LogP contribution < -0.4 is 10.6 Å². The van der Waals surface area contributed by atoms with Crippen LogP contribution >= 0.6 is 11.3 Å². The molecule has 0 spiro atoms. The average molecular weight is 377 g/mol. The van der Waals surface area contributed by atoms with Crippen LogP contribution in [-0.4, -0.2) is 33.5 Å². The summed E-state index contributed by atoms with van der Waals surface area (Å²) in [6.45, 7) is 3.86. The molecule has 0 aliphatic carbocycles. The third-order valence-electron chi connectivity index (χ3n) is 3.75. The number of carbonyl (C=O) groups excluding carboxylic acids is 2. The van der Waals surface area contributed by atoms with Crippen molar-refractivity contribution >= 4 is 34.0 Å². The van der Waals surface area contributed by atoms with Gasteiger partial charge in [0.25, 0.3) is 11.6 Å². The molecule has 0 saturated carbocycles. The molecule has 1 heterocycles. The first-order valence-electron chi connectivity index (χ1n) is 8.10. The molecule has 138 valence electrons. The molecule has 10 heteroatoms. The van der Waals surface area contributed by atoms with Gasteiger partial charge in [0, 0.05) is 23.6 Å². The lowest BCUT2D eigenvalue weighted by molar-refractivity contribution is -0.384. The molecule has 0 radical (unpaired) electrons. The highest BCUT2D eigenvalue weighted by molar-refractivity contribution is 7.15. The Morgan fingerprint density at radius 1 is 1.27 bits per heavy atom. The first-order valence-corrected chi connectivity index (χ1v) is 8.92. The minimum atomic E-state index is -0.587. The van der Waals surface area contributed by atoms with Crippen molar-refractivity contribution in [3.05, 3.63) is 45.0 Å². The van der Waals surface area contributed by atoms with E-state index in [1.165, 1.54) is 29.5 Å². The number of nitrogens with one attached hydrogen (secondary N) is 2. The molecule has 0 bridgehead atoms. The summed E-state index contributed by atoms with van der Waals surface area (Å²) in [5, 5.41) is 25.0. The van der Waals surface area contributed by atoms with Crippen LogP contribution in [0.5, 0.6) is 0 Å². The predicted octanol–water partition coefficient (Wildman–Crippen LogP) is 2.72. The maximum atomic E-state index is 12.0. The number of benzene rings is 1. The zero-order chi connectivity index (χ0) is 19.1. The zero-order valence-electron chi connectivity index (χ0n) is 14.4. The summed E-state index contributed by atoms with van der Waals surface area (Å²) in [5.74, 6) is -0.707. The van der Waals surface area contributed by atoms with E-state index in [4.69, 9.17) is 0 Å². The Morgan fingerprint density at radius 3 is 2.65 bits per heavy atom. The van der Waals surface area contributed by atoms with Crippen molar-refractivity contribution in [3.63, 3.8) is 0 Å². The van der Waals surface area contributed by atoms with Crippen LogP contribution in [0.15, 0.2) is 24.3 Å². The van der Waals surface area contributed by atoms with E-state index in [2.05, 4.69) is 34.7 Å². The second kappa shape index (κ2) is 8.99. The van der Waals surface area contributed by atoms with Crippen LogP contribution in [-0.2, 0) is 4.79 Å². The molecule has 2 aromatic rings. The van der Waals surface area contributed by atoms with E-state index in [9.17, 15) is 19.7 Å². The molecule has 1 aromatic heterocycles. The van der Waals surface area contributed by atoms with E-state index in [0.29, 0.717) is 11.0 Å². The van der Waals surface area contributed by atoms with Gasteiger partial charge in [-0.2, -0.15) is 0 Å². The second-order valence-electron chi connectivity index (χ2n) is 5.50. The SMILES string of the molecule is CCC(CC)c1nnc(NC(=O)CNC(=O)c2cccc([N+](=O)[O-])c2)s1. The number of hydrogen-bond donors (Lipinski definition) is 2. The molecule has 0 aliphatic rings. The van der Waals surface area contributed by atoms with E-state index in [-0.39, 0.29) is 17.8 Å². The molecule has 9 nitrogen and oxygen atoms in total. The summed E-state index contributed by atoms with van der Waals surface area (Å²) in [5.41, 5.74) is -0.0798. The topological polar surface area (TPSA) is 127 Å². The second-order valence-corrected chi connectivity index (χ2v) is 6.51. The molecule has 26 heavy (non-hydrogen) atoms. The number of nitrogens with zero attached hydrogens (tertiary/aromatic N) is 3. The molecule has 0 fully saturated rings. The molecular weight excluding hydrogens is 358 g/mol. The lowest BCUT2D eigenvalue weighted by Crippen LogP contribution is -2.32. The fourth-order valence-electron chi connectivity index (χ4n) is 2.27. The molecule has 1 aromatic carbocycles. The summed E-state index contributed by atoms with van der Waals surface area (Å²) in [7, 11) is 0. The minimum Gasteiger partial charge on any atom is -0.343 e. The van der Waals surface area contributed by atoms with E-state index in [1.54, 1.807) is 0 Å². The van der Waals surface area contributed by atoms with Gasteiger partial charge in [-0.25, -0.2) is 0 Å². The highest BCUT2D eigenvalue weighted by atomic mass is 32.1. The van der Waals surface area contributed by atoms with E-state index in [0.717, 1.165) is 23.9 Å². The minimum absolute atomic E-state index is 0.110. The first-order chi connectivity index (χ1) is 12.4.